The smallest absolute Gasteiger partial charge is 0.252 e. The molecule has 1 aromatic carbocycles. The van der Waals surface area contributed by atoms with Gasteiger partial charge in [-0.2, -0.15) is 0 Å². The lowest BCUT2D eigenvalue weighted by atomic mass is 9.52. The standard InChI is InChI=1S/C22H26N2O5/c1-21-11-14(25)7-8-22(21,28)17(24(2)12-15-4-3-9-29-15)10-13-5-6-16(20(23)27)19(26)18(13)21/h3-6,9,17,26,28H,7-8,10-12H2,1-2H3,(H2,23,27)/t17-,21?,22-/m1/s1. The van der Waals surface area contributed by atoms with Crippen molar-refractivity contribution in [3.63, 3.8) is 0 Å². The van der Waals surface area contributed by atoms with Crippen LogP contribution in [0.15, 0.2) is 34.9 Å². The second kappa shape index (κ2) is 6.71. The van der Waals surface area contributed by atoms with Crippen LogP contribution in [-0.2, 0) is 23.2 Å². The van der Waals surface area contributed by atoms with Crippen molar-refractivity contribution >= 4 is 11.7 Å². The van der Waals surface area contributed by atoms with Crippen LogP contribution in [0.25, 0.3) is 0 Å². The first-order valence-electron chi connectivity index (χ1n) is 9.79. The van der Waals surface area contributed by atoms with Gasteiger partial charge in [-0.3, -0.25) is 14.5 Å². The topological polar surface area (TPSA) is 117 Å². The number of furan rings is 1. The second-order valence-corrected chi connectivity index (χ2v) is 8.55. The Hall–Kier alpha value is -2.64. The van der Waals surface area contributed by atoms with E-state index in [1.54, 1.807) is 19.3 Å². The van der Waals surface area contributed by atoms with Gasteiger partial charge in [0.1, 0.15) is 17.3 Å². The third-order valence-corrected chi connectivity index (χ3v) is 6.85. The van der Waals surface area contributed by atoms with Crippen LogP contribution in [0.3, 0.4) is 0 Å². The number of ketones is 1. The number of carbonyl (C=O) groups excluding carboxylic acids is 2. The molecule has 154 valence electrons. The number of rotatable bonds is 4. The lowest BCUT2D eigenvalue weighted by molar-refractivity contribution is -0.149. The van der Waals surface area contributed by atoms with Gasteiger partial charge in [0.2, 0.25) is 0 Å². The van der Waals surface area contributed by atoms with E-state index in [1.165, 1.54) is 6.07 Å². The molecule has 0 bridgehead atoms. The van der Waals surface area contributed by atoms with E-state index in [0.29, 0.717) is 18.5 Å². The Morgan fingerprint density at radius 2 is 2.14 bits per heavy atom. The molecular weight excluding hydrogens is 372 g/mol. The second-order valence-electron chi connectivity index (χ2n) is 8.55. The van der Waals surface area contributed by atoms with E-state index < -0.39 is 16.9 Å². The fraction of sp³-hybridized carbons (Fsp3) is 0.455. The molecule has 2 aliphatic carbocycles. The zero-order chi connectivity index (χ0) is 21.0. The van der Waals surface area contributed by atoms with Crippen molar-refractivity contribution in [2.24, 2.45) is 5.73 Å². The maximum absolute atomic E-state index is 12.4. The molecule has 0 saturated heterocycles. The average Bonchev–Trinajstić information content (AvgIpc) is 3.15. The molecule has 29 heavy (non-hydrogen) atoms. The number of primary amides is 1. The molecule has 4 N–H and O–H groups in total. The van der Waals surface area contributed by atoms with Gasteiger partial charge in [-0.1, -0.05) is 13.0 Å². The number of nitrogens with two attached hydrogens (primary N) is 1. The lowest BCUT2D eigenvalue weighted by Crippen LogP contribution is -2.67. The number of aromatic hydroxyl groups is 1. The van der Waals surface area contributed by atoms with E-state index in [2.05, 4.69) is 0 Å². The maximum atomic E-state index is 12.4. The van der Waals surface area contributed by atoms with Gasteiger partial charge in [-0.25, -0.2) is 0 Å². The fourth-order valence-electron chi connectivity index (χ4n) is 5.35. The summed E-state index contributed by atoms with van der Waals surface area (Å²) in [6, 6.07) is 6.69. The summed E-state index contributed by atoms with van der Waals surface area (Å²) in [6.07, 6.45) is 2.75. The molecule has 4 rings (SSSR count). The predicted octanol–water partition coefficient (Wildman–Crippen LogP) is 1.88. The molecule has 1 amide bonds. The third-order valence-electron chi connectivity index (χ3n) is 6.85. The third kappa shape index (κ3) is 2.88. The number of Topliss-reactive ketones (excluding diaryl/α,β-unsaturated/α-hetero) is 1. The minimum absolute atomic E-state index is 0.00716. The monoisotopic (exact) mass is 398 g/mol. The Morgan fingerprint density at radius 3 is 2.79 bits per heavy atom. The first-order chi connectivity index (χ1) is 13.7. The Morgan fingerprint density at radius 1 is 1.38 bits per heavy atom. The van der Waals surface area contributed by atoms with E-state index in [4.69, 9.17) is 10.2 Å². The van der Waals surface area contributed by atoms with Crippen molar-refractivity contribution in [3.05, 3.63) is 53.0 Å². The van der Waals surface area contributed by atoms with Gasteiger partial charge in [0.25, 0.3) is 5.91 Å². The molecule has 1 saturated carbocycles. The van der Waals surface area contributed by atoms with Gasteiger partial charge in [-0.15, -0.1) is 0 Å². The Balaban J connectivity index is 1.85. The van der Waals surface area contributed by atoms with Crippen LogP contribution < -0.4 is 5.73 Å². The van der Waals surface area contributed by atoms with Crippen LogP contribution >= 0.6 is 0 Å². The number of likely N-dealkylation sites (N-methyl/N-ethyl adjacent to an activating group) is 1. The van der Waals surface area contributed by atoms with E-state index in [0.717, 1.165) is 11.3 Å². The summed E-state index contributed by atoms with van der Waals surface area (Å²) >= 11 is 0. The summed E-state index contributed by atoms with van der Waals surface area (Å²) in [5, 5.41) is 22.9. The van der Waals surface area contributed by atoms with E-state index in [9.17, 15) is 19.8 Å². The molecule has 0 radical (unpaired) electrons. The van der Waals surface area contributed by atoms with Crippen molar-refractivity contribution in [1.82, 2.24) is 4.90 Å². The largest absolute Gasteiger partial charge is 0.507 e. The minimum atomic E-state index is -1.26. The Kier molecular flexibility index (Phi) is 4.55. The number of hydrogen-bond donors (Lipinski definition) is 3. The van der Waals surface area contributed by atoms with Crippen molar-refractivity contribution in [2.45, 2.75) is 56.2 Å². The molecule has 7 heteroatoms. The minimum Gasteiger partial charge on any atom is -0.507 e. The number of hydrogen-bond acceptors (Lipinski definition) is 6. The summed E-state index contributed by atoms with van der Waals surface area (Å²) in [5.41, 5.74) is 4.41. The lowest BCUT2D eigenvalue weighted by Gasteiger charge is -2.57. The van der Waals surface area contributed by atoms with Crippen LogP contribution in [-0.4, -0.2) is 45.5 Å². The first kappa shape index (κ1) is 19.7. The molecule has 2 aliphatic rings. The molecule has 0 spiro atoms. The van der Waals surface area contributed by atoms with Gasteiger partial charge in [0, 0.05) is 29.9 Å². The summed E-state index contributed by atoms with van der Waals surface area (Å²) in [4.78, 5) is 26.2. The average molecular weight is 398 g/mol. The van der Waals surface area contributed by atoms with Crippen LogP contribution in [0.1, 0.15) is 53.4 Å². The number of carbonyl (C=O) groups is 2. The zero-order valence-corrected chi connectivity index (χ0v) is 16.6. The van der Waals surface area contributed by atoms with Gasteiger partial charge in [0.15, 0.2) is 0 Å². The Bertz CT molecular complexity index is 970. The zero-order valence-electron chi connectivity index (χ0n) is 16.6. The fourth-order valence-corrected chi connectivity index (χ4v) is 5.35. The molecule has 1 aromatic heterocycles. The van der Waals surface area contributed by atoms with Gasteiger partial charge < -0.3 is 20.4 Å². The molecular formula is C22H26N2O5. The van der Waals surface area contributed by atoms with Gasteiger partial charge >= 0.3 is 0 Å². The number of nitrogens with zero attached hydrogens (tertiary/aromatic N) is 1. The van der Waals surface area contributed by atoms with E-state index >= 15 is 0 Å². The number of aliphatic hydroxyl groups is 1. The first-order valence-corrected chi connectivity index (χ1v) is 9.79. The highest BCUT2D eigenvalue weighted by molar-refractivity contribution is 5.96. The van der Waals surface area contributed by atoms with Crippen molar-refractivity contribution in [3.8, 4) is 5.75 Å². The van der Waals surface area contributed by atoms with Crippen LogP contribution in [0.5, 0.6) is 5.75 Å². The van der Waals surface area contributed by atoms with E-state index in [1.807, 2.05) is 24.1 Å². The van der Waals surface area contributed by atoms with Crippen LogP contribution in [0.4, 0.5) is 0 Å². The number of amides is 1. The van der Waals surface area contributed by atoms with Crippen molar-refractivity contribution < 1.29 is 24.2 Å². The van der Waals surface area contributed by atoms with Gasteiger partial charge in [-0.05, 0) is 43.7 Å². The number of phenols is 1. The highest BCUT2D eigenvalue weighted by atomic mass is 16.3. The normalized spacial score (nSPS) is 28.8. The quantitative estimate of drug-likeness (QED) is 0.724. The molecule has 0 aliphatic heterocycles. The van der Waals surface area contributed by atoms with Crippen LogP contribution in [0, 0.1) is 0 Å². The summed E-state index contributed by atoms with van der Waals surface area (Å²) in [5.74, 6) is -0.154. The molecule has 1 fully saturated rings. The molecule has 7 nitrogen and oxygen atoms in total. The summed E-state index contributed by atoms with van der Waals surface area (Å²) in [6.45, 7) is 2.31. The van der Waals surface area contributed by atoms with E-state index in [-0.39, 0.29) is 42.4 Å². The highest BCUT2D eigenvalue weighted by Gasteiger charge is 2.61. The van der Waals surface area contributed by atoms with Gasteiger partial charge in [0.05, 0.1) is 24.0 Å². The summed E-state index contributed by atoms with van der Waals surface area (Å²) in [7, 11) is 1.92. The molecule has 1 unspecified atom stereocenters. The van der Waals surface area contributed by atoms with Crippen molar-refractivity contribution in [2.75, 3.05) is 7.05 Å². The predicted molar refractivity (Wildman–Crippen MR) is 105 cm³/mol. The summed E-state index contributed by atoms with van der Waals surface area (Å²) < 4.78 is 5.47. The maximum Gasteiger partial charge on any atom is 0.252 e. The number of benzene rings is 1. The molecule has 2 aromatic rings. The van der Waals surface area contributed by atoms with Crippen molar-refractivity contribution in [1.29, 1.82) is 0 Å². The van der Waals surface area contributed by atoms with Crippen LogP contribution in [0.2, 0.25) is 0 Å². The molecule has 1 heterocycles. The molecule has 3 atom stereocenters. The highest BCUT2D eigenvalue weighted by Crippen LogP contribution is 2.55. The SMILES string of the molecule is CN(Cc1ccco1)[C@@H]1Cc2ccc(C(N)=O)c(O)c2C2(C)CC(=O)CC[C@@]12O. The Labute approximate surface area is 169 Å². The number of fused-ring (bicyclic) bond motifs is 3.